The Bertz CT molecular complexity index is 744. The SMILES string of the molecule is O=C(COC(=O)c1cc2ccccc2o1)NC(=O)NC1CCCCC1. The fraction of sp³-hybridized carbons (Fsp3) is 0.389. The van der Waals surface area contributed by atoms with Gasteiger partial charge in [-0.3, -0.25) is 10.1 Å². The fourth-order valence-corrected chi connectivity index (χ4v) is 2.92. The Morgan fingerprint density at radius 1 is 1.12 bits per heavy atom. The van der Waals surface area contributed by atoms with Gasteiger partial charge in [-0.25, -0.2) is 9.59 Å². The maximum Gasteiger partial charge on any atom is 0.374 e. The molecular formula is C18H20N2O5. The second-order valence-electron chi connectivity index (χ2n) is 6.08. The summed E-state index contributed by atoms with van der Waals surface area (Å²) in [5.41, 5.74) is 0.561. The molecule has 2 N–H and O–H groups in total. The van der Waals surface area contributed by atoms with Crippen molar-refractivity contribution in [1.29, 1.82) is 0 Å². The number of esters is 1. The monoisotopic (exact) mass is 344 g/mol. The van der Waals surface area contributed by atoms with E-state index in [2.05, 4.69) is 10.6 Å². The minimum absolute atomic E-state index is 0.0145. The Morgan fingerprint density at radius 3 is 2.64 bits per heavy atom. The molecule has 0 spiro atoms. The van der Waals surface area contributed by atoms with Crippen molar-refractivity contribution in [2.75, 3.05) is 6.61 Å². The Balaban J connectivity index is 1.44. The molecule has 1 aliphatic carbocycles. The summed E-state index contributed by atoms with van der Waals surface area (Å²) in [5.74, 6) is -1.42. The molecule has 1 aromatic carbocycles. The Morgan fingerprint density at radius 2 is 1.88 bits per heavy atom. The number of imide groups is 1. The number of urea groups is 1. The summed E-state index contributed by atoms with van der Waals surface area (Å²) in [5, 5.41) is 5.69. The Kier molecular flexibility index (Phi) is 5.33. The predicted octanol–water partition coefficient (Wildman–Crippen LogP) is 2.75. The standard InChI is InChI=1S/C18H20N2O5/c21-16(20-18(23)19-13-7-2-1-3-8-13)11-24-17(22)15-10-12-6-4-5-9-14(12)25-15/h4-6,9-10,13H,1-3,7-8,11H2,(H2,19,20,21,23). The Labute approximate surface area is 144 Å². The van der Waals surface area contributed by atoms with E-state index < -0.39 is 24.5 Å². The van der Waals surface area contributed by atoms with Crippen LogP contribution in [0.15, 0.2) is 34.7 Å². The van der Waals surface area contributed by atoms with Crippen LogP contribution in [0.2, 0.25) is 0 Å². The number of carbonyl (C=O) groups excluding carboxylic acids is 3. The van der Waals surface area contributed by atoms with E-state index >= 15 is 0 Å². The first-order valence-corrected chi connectivity index (χ1v) is 8.38. The van der Waals surface area contributed by atoms with Crippen LogP contribution in [0.25, 0.3) is 11.0 Å². The van der Waals surface area contributed by atoms with E-state index in [0.29, 0.717) is 5.58 Å². The van der Waals surface area contributed by atoms with E-state index in [-0.39, 0.29) is 11.8 Å². The minimum Gasteiger partial charge on any atom is -0.450 e. The number of benzene rings is 1. The maximum atomic E-state index is 11.9. The summed E-state index contributed by atoms with van der Waals surface area (Å²) in [6.45, 7) is -0.548. The first kappa shape index (κ1) is 17.0. The molecule has 0 unspecified atom stereocenters. The van der Waals surface area contributed by atoms with Crippen molar-refractivity contribution in [2.24, 2.45) is 0 Å². The van der Waals surface area contributed by atoms with E-state index in [9.17, 15) is 14.4 Å². The fourth-order valence-electron chi connectivity index (χ4n) is 2.92. The van der Waals surface area contributed by atoms with Gasteiger partial charge in [-0.15, -0.1) is 0 Å². The molecule has 3 rings (SSSR count). The van der Waals surface area contributed by atoms with Crippen LogP contribution >= 0.6 is 0 Å². The summed E-state index contributed by atoms with van der Waals surface area (Å²) >= 11 is 0. The Hall–Kier alpha value is -2.83. The first-order valence-electron chi connectivity index (χ1n) is 8.38. The van der Waals surface area contributed by atoms with Gasteiger partial charge in [-0.1, -0.05) is 37.5 Å². The normalized spacial score (nSPS) is 14.9. The van der Waals surface area contributed by atoms with Crippen molar-refractivity contribution in [1.82, 2.24) is 10.6 Å². The number of para-hydroxylation sites is 1. The molecule has 2 aromatic rings. The van der Waals surface area contributed by atoms with Crippen LogP contribution < -0.4 is 10.6 Å². The third-order valence-corrected chi connectivity index (χ3v) is 4.15. The number of ether oxygens (including phenoxy) is 1. The van der Waals surface area contributed by atoms with Gasteiger partial charge in [0.1, 0.15) is 5.58 Å². The molecule has 1 fully saturated rings. The smallest absolute Gasteiger partial charge is 0.374 e. The molecule has 0 atom stereocenters. The number of carbonyl (C=O) groups is 3. The molecule has 1 aromatic heterocycles. The predicted molar refractivity (Wildman–Crippen MR) is 90.0 cm³/mol. The molecule has 0 radical (unpaired) electrons. The molecule has 0 saturated heterocycles. The van der Waals surface area contributed by atoms with Crippen molar-refractivity contribution in [3.63, 3.8) is 0 Å². The number of hydrogen-bond acceptors (Lipinski definition) is 5. The zero-order chi connectivity index (χ0) is 17.6. The number of furan rings is 1. The lowest BCUT2D eigenvalue weighted by atomic mass is 9.96. The highest BCUT2D eigenvalue weighted by Gasteiger charge is 2.19. The second kappa shape index (κ2) is 7.83. The lowest BCUT2D eigenvalue weighted by molar-refractivity contribution is -0.123. The highest BCUT2D eigenvalue weighted by Crippen LogP contribution is 2.19. The van der Waals surface area contributed by atoms with Crippen LogP contribution in [0.3, 0.4) is 0 Å². The first-order chi connectivity index (χ1) is 12.1. The van der Waals surface area contributed by atoms with E-state index in [0.717, 1.165) is 31.1 Å². The van der Waals surface area contributed by atoms with Crippen molar-refractivity contribution in [2.45, 2.75) is 38.1 Å². The van der Waals surface area contributed by atoms with Gasteiger partial charge in [-0.05, 0) is 25.0 Å². The minimum atomic E-state index is -0.751. The molecule has 1 aliphatic rings. The third-order valence-electron chi connectivity index (χ3n) is 4.15. The largest absolute Gasteiger partial charge is 0.450 e. The van der Waals surface area contributed by atoms with Crippen molar-refractivity contribution in [3.8, 4) is 0 Å². The molecule has 1 heterocycles. The topological polar surface area (TPSA) is 97.6 Å². The zero-order valence-corrected chi connectivity index (χ0v) is 13.7. The van der Waals surface area contributed by atoms with E-state index in [1.807, 2.05) is 6.07 Å². The highest BCUT2D eigenvalue weighted by atomic mass is 16.5. The quantitative estimate of drug-likeness (QED) is 0.831. The molecule has 0 bridgehead atoms. The van der Waals surface area contributed by atoms with Crippen molar-refractivity contribution < 1.29 is 23.5 Å². The lowest BCUT2D eigenvalue weighted by Gasteiger charge is -2.22. The summed E-state index contributed by atoms with van der Waals surface area (Å²) in [6.07, 6.45) is 5.17. The van der Waals surface area contributed by atoms with Gasteiger partial charge in [0.15, 0.2) is 6.61 Å². The summed E-state index contributed by atoms with van der Waals surface area (Å²) < 4.78 is 10.2. The number of hydrogen-bond donors (Lipinski definition) is 2. The second-order valence-corrected chi connectivity index (χ2v) is 6.08. The van der Waals surface area contributed by atoms with Gasteiger partial charge in [0.25, 0.3) is 5.91 Å². The van der Waals surface area contributed by atoms with Gasteiger partial charge in [-0.2, -0.15) is 0 Å². The molecule has 7 nitrogen and oxygen atoms in total. The van der Waals surface area contributed by atoms with Crippen LogP contribution in [0.1, 0.15) is 42.7 Å². The molecular weight excluding hydrogens is 324 g/mol. The molecule has 3 amide bonds. The molecule has 132 valence electrons. The van der Waals surface area contributed by atoms with Crippen molar-refractivity contribution >= 4 is 28.9 Å². The van der Waals surface area contributed by atoms with Gasteiger partial charge in [0, 0.05) is 11.4 Å². The average molecular weight is 344 g/mol. The van der Waals surface area contributed by atoms with Crippen LogP contribution in [0, 0.1) is 0 Å². The van der Waals surface area contributed by atoms with Crippen LogP contribution in [0.5, 0.6) is 0 Å². The number of rotatable bonds is 4. The average Bonchev–Trinajstić information content (AvgIpc) is 3.04. The van der Waals surface area contributed by atoms with Gasteiger partial charge in [0.2, 0.25) is 5.76 Å². The van der Waals surface area contributed by atoms with E-state index in [1.54, 1.807) is 24.3 Å². The molecule has 25 heavy (non-hydrogen) atoms. The van der Waals surface area contributed by atoms with Gasteiger partial charge < -0.3 is 14.5 Å². The number of fused-ring (bicyclic) bond motifs is 1. The van der Waals surface area contributed by atoms with Gasteiger partial charge in [0.05, 0.1) is 0 Å². The van der Waals surface area contributed by atoms with E-state index in [4.69, 9.17) is 9.15 Å². The van der Waals surface area contributed by atoms with Crippen LogP contribution in [-0.4, -0.2) is 30.6 Å². The summed E-state index contributed by atoms with van der Waals surface area (Å²) in [6, 6.07) is 8.24. The summed E-state index contributed by atoms with van der Waals surface area (Å²) in [7, 11) is 0. The maximum absolute atomic E-state index is 11.9. The van der Waals surface area contributed by atoms with Gasteiger partial charge >= 0.3 is 12.0 Å². The molecule has 0 aliphatic heterocycles. The number of amides is 3. The highest BCUT2D eigenvalue weighted by molar-refractivity contribution is 5.97. The lowest BCUT2D eigenvalue weighted by Crippen LogP contribution is -2.46. The van der Waals surface area contributed by atoms with Crippen molar-refractivity contribution in [3.05, 3.63) is 36.1 Å². The molecule has 1 saturated carbocycles. The summed E-state index contributed by atoms with van der Waals surface area (Å²) in [4.78, 5) is 35.4. The third kappa shape index (κ3) is 4.59. The van der Waals surface area contributed by atoms with Crippen LogP contribution in [-0.2, 0) is 9.53 Å². The number of nitrogens with one attached hydrogen (secondary N) is 2. The zero-order valence-electron chi connectivity index (χ0n) is 13.7. The molecule has 7 heteroatoms. The van der Waals surface area contributed by atoms with E-state index in [1.165, 1.54) is 6.42 Å². The van der Waals surface area contributed by atoms with Crippen LogP contribution in [0.4, 0.5) is 4.79 Å².